The molecule has 0 aliphatic heterocycles. The van der Waals surface area contributed by atoms with E-state index in [0.717, 1.165) is 0 Å². The monoisotopic (exact) mass is 302 g/mol. The fraction of sp³-hybridized carbons (Fsp3) is 0.143. The van der Waals surface area contributed by atoms with E-state index < -0.39 is 10.0 Å². The Labute approximate surface area is 123 Å². The SMILES string of the molecule is Cc1cc(N)cc(C)c1NS(=O)(=O)c1cccnc1C#N. The zero-order valence-electron chi connectivity index (χ0n) is 11.6. The Morgan fingerprint density at radius 1 is 1.29 bits per heavy atom. The number of pyridine rings is 1. The standard InChI is InChI=1S/C14H14N4O2S/c1-9-6-11(16)7-10(2)14(9)18-21(19,20)13-4-3-5-17-12(13)8-15/h3-7,18H,16H2,1-2H3. The van der Waals surface area contributed by atoms with Gasteiger partial charge in [-0.3, -0.25) is 4.72 Å². The summed E-state index contributed by atoms with van der Waals surface area (Å²) >= 11 is 0. The van der Waals surface area contributed by atoms with Crippen LogP contribution in [0.4, 0.5) is 11.4 Å². The van der Waals surface area contributed by atoms with Gasteiger partial charge in [-0.25, -0.2) is 13.4 Å². The van der Waals surface area contributed by atoms with Crippen LogP contribution in [-0.2, 0) is 10.0 Å². The van der Waals surface area contributed by atoms with E-state index in [2.05, 4.69) is 9.71 Å². The summed E-state index contributed by atoms with van der Waals surface area (Å²) in [6.07, 6.45) is 1.37. The molecule has 0 atom stereocenters. The molecule has 0 bridgehead atoms. The number of anilines is 2. The van der Waals surface area contributed by atoms with Gasteiger partial charge in [0.15, 0.2) is 5.69 Å². The Balaban J connectivity index is 2.51. The van der Waals surface area contributed by atoms with Crippen molar-refractivity contribution in [1.29, 1.82) is 5.26 Å². The normalized spacial score (nSPS) is 10.9. The average molecular weight is 302 g/mol. The summed E-state index contributed by atoms with van der Waals surface area (Å²) < 4.78 is 27.4. The lowest BCUT2D eigenvalue weighted by atomic mass is 10.1. The summed E-state index contributed by atoms with van der Waals surface area (Å²) in [5.74, 6) is 0. The molecule has 6 nitrogen and oxygen atoms in total. The number of nitrogens with two attached hydrogens (primary N) is 1. The number of nitrogen functional groups attached to an aromatic ring is 1. The fourth-order valence-corrected chi connectivity index (χ4v) is 3.35. The summed E-state index contributed by atoms with van der Waals surface area (Å²) in [5, 5.41) is 8.97. The molecule has 21 heavy (non-hydrogen) atoms. The number of aryl methyl sites for hydroxylation is 2. The highest BCUT2D eigenvalue weighted by atomic mass is 32.2. The Kier molecular flexibility index (Phi) is 3.82. The number of rotatable bonds is 3. The highest BCUT2D eigenvalue weighted by Crippen LogP contribution is 2.26. The highest BCUT2D eigenvalue weighted by Gasteiger charge is 2.21. The first kappa shape index (κ1) is 14.8. The predicted octanol–water partition coefficient (Wildman–Crippen LogP) is 1.95. The van der Waals surface area contributed by atoms with Gasteiger partial charge in [0.2, 0.25) is 0 Å². The van der Waals surface area contributed by atoms with Gasteiger partial charge in [-0.05, 0) is 49.2 Å². The van der Waals surface area contributed by atoms with Crippen LogP contribution in [0.3, 0.4) is 0 Å². The van der Waals surface area contributed by atoms with E-state index in [0.29, 0.717) is 22.5 Å². The quantitative estimate of drug-likeness (QED) is 0.842. The van der Waals surface area contributed by atoms with Gasteiger partial charge < -0.3 is 5.73 Å². The maximum atomic E-state index is 12.4. The first-order valence-electron chi connectivity index (χ1n) is 6.10. The molecule has 0 amide bonds. The third kappa shape index (κ3) is 2.95. The van der Waals surface area contributed by atoms with Crippen LogP contribution in [0, 0.1) is 25.2 Å². The van der Waals surface area contributed by atoms with Crippen LogP contribution >= 0.6 is 0 Å². The molecule has 1 aromatic heterocycles. The smallest absolute Gasteiger partial charge is 0.264 e. The van der Waals surface area contributed by atoms with Crippen molar-refractivity contribution in [2.75, 3.05) is 10.5 Å². The Morgan fingerprint density at radius 3 is 2.48 bits per heavy atom. The van der Waals surface area contributed by atoms with Crippen molar-refractivity contribution in [2.45, 2.75) is 18.7 Å². The fourth-order valence-electron chi connectivity index (χ4n) is 2.04. The molecule has 1 heterocycles. The van der Waals surface area contributed by atoms with Gasteiger partial charge in [0.05, 0.1) is 5.69 Å². The summed E-state index contributed by atoms with van der Waals surface area (Å²) in [6, 6.07) is 7.95. The van der Waals surface area contributed by atoms with E-state index in [1.807, 2.05) is 0 Å². The molecule has 108 valence electrons. The van der Waals surface area contributed by atoms with E-state index in [4.69, 9.17) is 11.0 Å². The minimum Gasteiger partial charge on any atom is -0.399 e. The van der Waals surface area contributed by atoms with Crippen molar-refractivity contribution >= 4 is 21.4 Å². The third-order valence-electron chi connectivity index (χ3n) is 2.96. The van der Waals surface area contributed by atoms with Crippen LogP contribution < -0.4 is 10.5 Å². The summed E-state index contributed by atoms with van der Waals surface area (Å²) in [7, 11) is -3.89. The number of hydrogen-bond donors (Lipinski definition) is 2. The van der Waals surface area contributed by atoms with Crippen molar-refractivity contribution in [3.05, 3.63) is 47.3 Å². The topological polar surface area (TPSA) is 109 Å². The minimum absolute atomic E-state index is 0.143. The van der Waals surface area contributed by atoms with Gasteiger partial charge in [0.1, 0.15) is 11.0 Å². The first-order chi connectivity index (χ1) is 9.85. The van der Waals surface area contributed by atoms with Crippen LogP contribution in [0.5, 0.6) is 0 Å². The van der Waals surface area contributed by atoms with Crippen LogP contribution in [0.25, 0.3) is 0 Å². The Hall–Kier alpha value is -2.59. The first-order valence-corrected chi connectivity index (χ1v) is 7.58. The van der Waals surface area contributed by atoms with Crippen molar-refractivity contribution in [3.8, 4) is 6.07 Å². The van der Waals surface area contributed by atoms with Crippen LogP contribution in [0.2, 0.25) is 0 Å². The number of aromatic nitrogens is 1. The minimum atomic E-state index is -3.89. The average Bonchev–Trinajstić information content (AvgIpc) is 2.43. The molecular formula is C14H14N4O2S. The zero-order chi connectivity index (χ0) is 15.6. The Morgan fingerprint density at radius 2 is 1.90 bits per heavy atom. The molecule has 0 aliphatic rings. The second kappa shape index (κ2) is 5.42. The van der Waals surface area contributed by atoms with E-state index in [9.17, 15) is 8.42 Å². The lowest BCUT2D eigenvalue weighted by Crippen LogP contribution is -2.16. The van der Waals surface area contributed by atoms with Gasteiger partial charge in [-0.15, -0.1) is 0 Å². The molecule has 0 radical (unpaired) electrons. The molecule has 0 unspecified atom stereocenters. The number of nitrogens with zero attached hydrogens (tertiary/aromatic N) is 2. The second-order valence-corrected chi connectivity index (χ2v) is 6.25. The third-order valence-corrected chi connectivity index (χ3v) is 4.34. The lowest BCUT2D eigenvalue weighted by Gasteiger charge is -2.14. The van der Waals surface area contributed by atoms with Crippen molar-refractivity contribution in [2.24, 2.45) is 0 Å². The molecule has 0 spiro atoms. The van der Waals surface area contributed by atoms with Gasteiger partial charge in [0.25, 0.3) is 10.0 Å². The summed E-state index contributed by atoms with van der Waals surface area (Å²) in [5.41, 5.74) is 8.01. The number of nitriles is 1. The molecule has 2 aromatic rings. The van der Waals surface area contributed by atoms with Crippen molar-refractivity contribution in [1.82, 2.24) is 4.98 Å². The summed E-state index contributed by atoms with van der Waals surface area (Å²) in [6.45, 7) is 3.52. The number of nitrogens with one attached hydrogen (secondary N) is 1. The van der Waals surface area contributed by atoms with Gasteiger partial charge in [-0.1, -0.05) is 0 Å². The predicted molar refractivity (Wildman–Crippen MR) is 80.1 cm³/mol. The van der Waals surface area contributed by atoms with Gasteiger partial charge in [0, 0.05) is 11.9 Å². The van der Waals surface area contributed by atoms with Crippen molar-refractivity contribution < 1.29 is 8.42 Å². The summed E-state index contributed by atoms with van der Waals surface area (Å²) in [4.78, 5) is 3.61. The van der Waals surface area contributed by atoms with E-state index in [-0.39, 0.29) is 10.6 Å². The maximum Gasteiger partial charge on any atom is 0.264 e. The number of benzene rings is 1. The molecular weight excluding hydrogens is 288 g/mol. The van der Waals surface area contributed by atoms with E-state index in [1.54, 1.807) is 32.0 Å². The van der Waals surface area contributed by atoms with Crippen LogP contribution in [-0.4, -0.2) is 13.4 Å². The van der Waals surface area contributed by atoms with Crippen molar-refractivity contribution in [3.63, 3.8) is 0 Å². The van der Waals surface area contributed by atoms with Crippen LogP contribution in [0.1, 0.15) is 16.8 Å². The molecule has 1 aromatic carbocycles. The van der Waals surface area contributed by atoms with E-state index in [1.165, 1.54) is 18.3 Å². The largest absolute Gasteiger partial charge is 0.399 e. The molecule has 0 saturated heterocycles. The Bertz CT molecular complexity index is 815. The molecule has 3 N–H and O–H groups in total. The number of sulfonamides is 1. The molecule has 0 aliphatic carbocycles. The zero-order valence-corrected chi connectivity index (χ0v) is 12.4. The molecule has 0 fully saturated rings. The van der Waals surface area contributed by atoms with E-state index >= 15 is 0 Å². The van der Waals surface area contributed by atoms with Crippen LogP contribution in [0.15, 0.2) is 35.4 Å². The lowest BCUT2D eigenvalue weighted by molar-refractivity contribution is 0.600. The maximum absolute atomic E-state index is 12.4. The van der Waals surface area contributed by atoms with Gasteiger partial charge in [-0.2, -0.15) is 5.26 Å². The molecule has 0 saturated carbocycles. The molecule has 2 rings (SSSR count). The van der Waals surface area contributed by atoms with Gasteiger partial charge >= 0.3 is 0 Å². The number of hydrogen-bond acceptors (Lipinski definition) is 5. The second-order valence-electron chi connectivity index (χ2n) is 4.60. The highest BCUT2D eigenvalue weighted by molar-refractivity contribution is 7.92. The molecule has 7 heteroatoms.